The fourth-order valence-corrected chi connectivity index (χ4v) is 1.63. The topological polar surface area (TPSA) is 94.7 Å². The molecule has 0 aliphatic carbocycles. The lowest BCUT2D eigenvalue weighted by Gasteiger charge is -2.10. The number of ether oxygens (including phenoxy) is 1. The zero-order valence-corrected chi connectivity index (χ0v) is 11.8. The van der Waals surface area contributed by atoms with E-state index >= 15 is 0 Å². The van der Waals surface area contributed by atoms with Gasteiger partial charge in [-0.2, -0.15) is 10.4 Å². The molecule has 0 aliphatic heterocycles. The molecule has 0 saturated heterocycles. The number of aromatic hydroxyl groups is 1. The molecule has 0 heterocycles. The lowest BCUT2D eigenvalue weighted by Crippen LogP contribution is -2.16. The van der Waals surface area contributed by atoms with Crippen LogP contribution in [0.2, 0.25) is 0 Å². The van der Waals surface area contributed by atoms with Gasteiger partial charge < -0.3 is 9.84 Å². The molecule has 6 nitrogen and oxygen atoms in total. The van der Waals surface area contributed by atoms with Crippen LogP contribution in [-0.4, -0.2) is 23.8 Å². The third-order valence-corrected chi connectivity index (χ3v) is 2.48. The van der Waals surface area contributed by atoms with E-state index in [1.807, 2.05) is 6.92 Å². The molecule has 110 valence electrons. The SMILES string of the molecule is C=CCc1cc(/C=N\NC(=O)CC#N)cc(OCC)c1O. The highest BCUT2D eigenvalue weighted by atomic mass is 16.5. The van der Waals surface area contributed by atoms with Crippen LogP contribution in [0.4, 0.5) is 0 Å². The van der Waals surface area contributed by atoms with Gasteiger partial charge in [0.25, 0.3) is 5.91 Å². The van der Waals surface area contributed by atoms with Crippen molar-refractivity contribution in [1.29, 1.82) is 5.26 Å². The second-order valence-corrected chi connectivity index (χ2v) is 4.08. The molecule has 1 rings (SSSR count). The van der Waals surface area contributed by atoms with Gasteiger partial charge in [-0.25, -0.2) is 5.43 Å². The number of nitrogens with one attached hydrogen (secondary N) is 1. The van der Waals surface area contributed by atoms with E-state index in [-0.39, 0.29) is 12.2 Å². The first-order chi connectivity index (χ1) is 10.1. The summed E-state index contributed by atoms with van der Waals surface area (Å²) >= 11 is 0. The zero-order valence-electron chi connectivity index (χ0n) is 11.8. The molecule has 2 N–H and O–H groups in total. The molecule has 0 saturated carbocycles. The van der Waals surface area contributed by atoms with Gasteiger partial charge in [-0.15, -0.1) is 6.58 Å². The predicted molar refractivity (Wildman–Crippen MR) is 79.1 cm³/mol. The van der Waals surface area contributed by atoms with E-state index < -0.39 is 5.91 Å². The maximum atomic E-state index is 11.1. The Balaban J connectivity index is 2.96. The third-order valence-electron chi connectivity index (χ3n) is 2.48. The van der Waals surface area contributed by atoms with E-state index in [2.05, 4.69) is 17.1 Å². The highest BCUT2D eigenvalue weighted by molar-refractivity contribution is 5.84. The van der Waals surface area contributed by atoms with Crippen LogP contribution in [0.25, 0.3) is 0 Å². The summed E-state index contributed by atoms with van der Waals surface area (Å²) in [5.74, 6) is -0.0621. The normalized spacial score (nSPS) is 10.1. The predicted octanol–water partition coefficient (Wildman–Crippen LogP) is 1.88. The van der Waals surface area contributed by atoms with Gasteiger partial charge in [0.05, 0.1) is 18.9 Å². The van der Waals surface area contributed by atoms with Gasteiger partial charge >= 0.3 is 0 Å². The number of phenolic OH excluding ortho intramolecular Hbond substituents is 1. The van der Waals surface area contributed by atoms with Crippen LogP contribution >= 0.6 is 0 Å². The second kappa shape index (κ2) is 8.38. The zero-order chi connectivity index (χ0) is 15.7. The highest BCUT2D eigenvalue weighted by Crippen LogP contribution is 2.31. The van der Waals surface area contributed by atoms with Gasteiger partial charge in [0, 0.05) is 5.56 Å². The van der Waals surface area contributed by atoms with Gasteiger partial charge in [-0.3, -0.25) is 4.79 Å². The number of amides is 1. The van der Waals surface area contributed by atoms with Gasteiger partial charge in [0.15, 0.2) is 11.5 Å². The van der Waals surface area contributed by atoms with Crippen molar-refractivity contribution in [2.45, 2.75) is 19.8 Å². The molecule has 0 atom stereocenters. The Labute approximate surface area is 123 Å². The van der Waals surface area contributed by atoms with Crippen molar-refractivity contribution < 1.29 is 14.6 Å². The van der Waals surface area contributed by atoms with Gasteiger partial charge in [0.2, 0.25) is 0 Å². The summed E-state index contributed by atoms with van der Waals surface area (Å²) in [4.78, 5) is 11.1. The standard InChI is InChI=1S/C15H17N3O3/c1-3-5-12-8-11(9-13(15(12)20)21-4-2)10-17-18-14(19)6-7-16/h3,8-10,20H,1,4-6H2,2H3,(H,18,19)/b17-10-. The van der Waals surface area contributed by atoms with Crippen LogP contribution in [0.3, 0.4) is 0 Å². The van der Waals surface area contributed by atoms with Crippen molar-refractivity contribution >= 4 is 12.1 Å². The Bertz CT molecular complexity index is 589. The average molecular weight is 287 g/mol. The lowest BCUT2D eigenvalue weighted by molar-refractivity contribution is -0.120. The van der Waals surface area contributed by atoms with Gasteiger partial charge in [-0.1, -0.05) is 6.08 Å². The minimum atomic E-state index is -0.483. The number of carbonyl (C=O) groups is 1. The van der Waals surface area contributed by atoms with Gasteiger partial charge in [0.1, 0.15) is 6.42 Å². The molecule has 21 heavy (non-hydrogen) atoms. The summed E-state index contributed by atoms with van der Waals surface area (Å²) in [6, 6.07) is 5.06. The van der Waals surface area contributed by atoms with Crippen molar-refractivity contribution in [2.75, 3.05) is 6.61 Å². The molecule has 0 unspecified atom stereocenters. The molecule has 0 aliphatic rings. The van der Waals surface area contributed by atoms with E-state index in [9.17, 15) is 9.90 Å². The lowest BCUT2D eigenvalue weighted by atomic mass is 10.1. The van der Waals surface area contributed by atoms with Crippen LogP contribution < -0.4 is 10.2 Å². The van der Waals surface area contributed by atoms with Crippen LogP contribution in [0, 0.1) is 11.3 Å². The largest absolute Gasteiger partial charge is 0.504 e. The number of carbonyl (C=O) groups excluding carboxylic acids is 1. The van der Waals surface area contributed by atoms with Crippen LogP contribution in [0.15, 0.2) is 29.9 Å². The van der Waals surface area contributed by atoms with E-state index in [0.29, 0.717) is 29.9 Å². The minimum Gasteiger partial charge on any atom is -0.504 e. The summed E-state index contributed by atoms with van der Waals surface area (Å²) in [6.45, 7) is 5.87. The number of hydrogen-bond acceptors (Lipinski definition) is 5. The number of nitrogens with zero attached hydrogens (tertiary/aromatic N) is 2. The molecule has 1 aromatic carbocycles. The molecular formula is C15H17N3O3. The molecule has 0 spiro atoms. The molecule has 0 radical (unpaired) electrons. The van der Waals surface area contributed by atoms with Crippen LogP contribution in [0.5, 0.6) is 11.5 Å². The van der Waals surface area contributed by atoms with Crippen molar-refractivity contribution in [3.05, 3.63) is 35.9 Å². The summed E-state index contributed by atoms with van der Waals surface area (Å²) in [5, 5.41) is 22.1. The molecular weight excluding hydrogens is 270 g/mol. The van der Waals surface area contributed by atoms with E-state index in [4.69, 9.17) is 10.00 Å². The Hall–Kier alpha value is -2.81. The van der Waals surface area contributed by atoms with Crippen LogP contribution in [-0.2, 0) is 11.2 Å². The maximum absolute atomic E-state index is 11.1. The number of rotatable bonds is 7. The number of hydrogen-bond donors (Lipinski definition) is 2. The first kappa shape index (κ1) is 16.2. The quantitative estimate of drug-likeness (QED) is 0.455. The number of allylic oxidation sites excluding steroid dienone is 1. The third kappa shape index (κ3) is 4.99. The summed E-state index contributed by atoms with van der Waals surface area (Å²) in [7, 11) is 0. The van der Waals surface area contributed by atoms with E-state index in [1.54, 1.807) is 24.3 Å². The molecule has 1 aromatic rings. The van der Waals surface area contributed by atoms with Crippen molar-refractivity contribution in [3.8, 4) is 17.6 Å². The molecule has 1 amide bonds. The first-order valence-corrected chi connectivity index (χ1v) is 6.40. The van der Waals surface area contributed by atoms with Crippen molar-refractivity contribution in [1.82, 2.24) is 5.43 Å². The summed E-state index contributed by atoms with van der Waals surface area (Å²) in [6.07, 6.45) is 3.32. The van der Waals surface area contributed by atoms with Gasteiger partial charge in [-0.05, 0) is 31.0 Å². The van der Waals surface area contributed by atoms with Crippen molar-refractivity contribution in [2.24, 2.45) is 5.10 Å². The molecule has 0 bridgehead atoms. The summed E-state index contributed by atoms with van der Waals surface area (Å²) in [5.41, 5.74) is 3.55. The van der Waals surface area contributed by atoms with Crippen molar-refractivity contribution in [3.63, 3.8) is 0 Å². The smallest absolute Gasteiger partial charge is 0.254 e. The summed E-state index contributed by atoms with van der Waals surface area (Å²) < 4.78 is 5.35. The first-order valence-electron chi connectivity index (χ1n) is 6.40. The molecule has 6 heteroatoms. The Morgan fingerprint density at radius 1 is 1.62 bits per heavy atom. The Morgan fingerprint density at radius 2 is 2.38 bits per heavy atom. The number of nitriles is 1. The fourth-order valence-electron chi connectivity index (χ4n) is 1.63. The van der Waals surface area contributed by atoms with E-state index in [0.717, 1.165) is 0 Å². The monoisotopic (exact) mass is 287 g/mol. The average Bonchev–Trinajstić information content (AvgIpc) is 2.44. The number of hydrazone groups is 1. The maximum Gasteiger partial charge on any atom is 0.254 e. The molecule has 0 aromatic heterocycles. The minimum absolute atomic E-state index is 0.0717. The fraction of sp³-hybridized carbons (Fsp3) is 0.267. The number of benzene rings is 1. The number of phenols is 1. The Kier molecular flexibility index (Phi) is 6.48. The van der Waals surface area contributed by atoms with E-state index in [1.165, 1.54) is 6.21 Å². The van der Waals surface area contributed by atoms with Crippen LogP contribution in [0.1, 0.15) is 24.5 Å². The highest BCUT2D eigenvalue weighted by Gasteiger charge is 2.09. The Morgan fingerprint density at radius 3 is 3.00 bits per heavy atom. The molecule has 0 fully saturated rings. The second-order valence-electron chi connectivity index (χ2n) is 4.08.